The molecule has 0 radical (unpaired) electrons. The van der Waals surface area contributed by atoms with Crippen LogP contribution in [0.4, 0.5) is 0 Å². The van der Waals surface area contributed by atoms with Crippen molar-refractivity contribution in [2.45, 2.75) is 86.1 Å². The Hall–Kier alpha value is -2.62. The number of nitrogens with zero attached hydrogens (tertiary/aromatic N) is 1. The van der Waals surface area contributed by atoms with Crippen molar-refractivity contribution < 1.29 is 14.3 Å². The molecule has 1 saturated heterocycles. The first-order chi connectivity index (χ1) is 16.0. The summed E-state index contributed by atoms with van der Waals surface area (Å²) < 4.78 is 5.89. The number of ether oxygens (including phenoxy) is 1. The number of likely N-dealkylation sites (tertiary alicyclic amines) is 1. The first-order valence-corrected chi connectivity index (χ1v) is 12.7. The molecule has 1 fully saturated rings. The topological polar surface area (TPSA) is 46.6 Å². The molecule has 0 unspecified atom stereocenters. The summed E-state index contributed by atoms with van der Waals surface area (Å²) in [5.41, 5.74) is 5.58. The second-order valence-corrected chi connectivity index (χ2v) is 10.8. The molecular weight excluding hydrogens is 422 g/mol. The highest BCUT2D eigenvalue weighted by Gasteiger charge is 2.32. The Morgan fingerprint density at radius 2 is 1.59 bits per heavy atom. The molecule has 0 saturated carbocycles. The quantitative estimate of drug-likeness (QED) is 0.425. The molecule has 0 bridgehead atoms. The highest BCUT2D eigenvalue weighted by atomic mass is 16.5. The van der Waals surface area contributed by atoms with Crippen molar-refractivity contribution in [3.63, 3.8) is 0 Å². The van der Waals surface area contributed by atoms with E-state index in [4.69, 9.17) is 4.74 Å². The van der Waals surface area contributed by atoms with Crippen molar-refractivity contribution >= 4 is 11.7 Å². The van der Waals surface area contributed by atoms with Crippen LogP contribution in [-0.4, -0.2) is 29.7 Å². The number of hydrogen-bond donors (Lipinski definition) is 0. The van der Waals surface area contributed by atoms with E-state index in [1.165, 1.54) is 22.3 Å². The molecule has 0 atom stereocenters. The molecule has 4 nitrogen and oxygen atoms in total. The van der Waals surface area contributed by atoms with Gasteiger partial charge in [0, 0.05) is 30.3 Å². The molecule has 3 rings (SSSR count). The second-order valence-electron chi connectivity index (χ2n) is 10.8. The molecule has 1 amide bonds. The fraction of sp³-hybridized carbons (Fsp3) is 0.533. The predicted molar refractivity (Wildman–Crippen MR) is 138 cm³/mol. The van der Waals surface area contributed by atoms with E-state index in [1.807, 2.05) is 31.7 Å². The van der Waals surface area contributed by atoms with Crippen LogP contribution in [0.5, 0.6) is 5.75 Å². The van der Waals surface area contributed by atoms with Crippen LogP contribution in [0.1, 0.15) is 88.1 Å². The average molecular weight is 464 g/mol. The average Bonchev–Trinajstić information content (AvgIpc) is 3.19. The molecule has 184 valence electrons. The molecule has 0 aliphatic carbocycles. The minimum atomic E-state index is -0.403. The van der Waals surface area contributed by atoms with Crippen LogP contribution < -0.4 is 4.74 Å². The van der Waals surface area contributed by atoms with Gasteiger partial charge in [-0.25, -0.2) is 0 Å². The van der Waals surface area contributed by atoms with E-state index < -0.39 is 5.41 Å². The Balaban J connectivity index is 1.86. The van der Waals surface area contributed by atoms with Gasteiger partial charge >= 0.3 is 0 Å². The fourth-order valence-corrected chi connectivity index (χ4v) is 4.95. The van der Waals surface area contributed by atoms with Crippen LogP contribution in [0.25, 0.3) is 0 Å². The molecular formula is C30H41NO3. The van der Waals surface area contributed by atoms with Gasteiger partial charge < -0.3 is 9.64 Å². The molecule has 34 heavy (non-hydrogen) atoms. The number of rotatable bonds is 9. The second kappa shape index (κ2) is 10.3. The van der Waals surface area contributed by atoms with Gasteiger partial charge in [-0.2, -0.15) is 0 Å². The van der Waals surface area contributed by atoms with Crippen molar-refractivity contribution in [1.29, 1.82) is 0 Å². The molecule has 2 aromatic rings. The maximum Gasteiger partial charge on any atom is 0.222 e. The Morgan fingerprint density at radius 1 is 0.971 bits per heavy atom. The van der Waals surface area contributed by atoms with E-state index in [0.717, 1.165) is 37.1 Å². The zero-order valence-electron chi connectivity index (χ0n) is 22.1. The lowest BCUT2D eigenvalue weighted by Gasteiger charge is -2.34. The smallest absolute Gasteiger partial charge is 0.222 e. The van der Waals surface area contributed by atoms with Crippen molar-refractivity contribution in [3.05, 3.63) is 64.2 Å². The predicted octanol–water partition coefficient (Wildman–Crippen LogP) is 6.53. The lowest BCUT2D eigenvalue weighted by molar-refractivity contribution is -0.129. The Bertz CT molecular complexity index is 1040. The molecule has 2 aromatic carbocycles. The summed E-state index contributed by atoms with van der Waals surface area (Å²) in [6.07, 6.45) is 3.60. The Labute approximate surface area is 205 Å². The van der Waals surface area contributed by atoms with E-state index in [-0.39, 0.29) is 23.7 Å². The number of amides is 1. The van der Waals surface area contributed by atoms with Crippen molar-refractivity contribution in [2.75, 3.05) is 13.2 Å². The zero-order valence-corrected chi connectivity index (χ0v) is 22.1. The largest absolute Gasteiger partial charge is 0.486 e. The first-order valence-electron chi connectivity index (χ1n) is 12.7. The molecule has 1 heterocycles. The van der Waals surface area contributed by atoms with E-state index in [2.05, 4.69) is 58.0 Å². The third-order valence-electron chi connectivity index (χ3n) is 7.56. The third-order valence-corrected chi connectivity index (χ3v) is 7.56. The van der Waals surface area contributed by atoms with Gasteiger partial charge in [-0.1, -0.05) is 65.0 Å². The SMILES string of the molecule is CCC(CC)(c1ccc(CN2CCCC2=O)c(C)c1)c1ccc(OCC(=O)C(C)(C)C)c(C)c1. The van der Waals surface area contributed by atoms with E-state index >= 15 is 0 Å². The van der Waals surface area contributed by atoms with Crippen molar-refractivity contribution in [1.82, 2.24) is 4.90 Å². The summed E-state index contributed by atoms with van der Waals surface area (Å²) in [7, 11) is 0. The van der Waals surface area contributed by atoms with Gasteiger partial charge in [-0.05, 0) is 67.0 Å². The van der Waals surface area contributed by atoms with Gasteiger partial charge in [0.05, 0.1) is 0 Å². The minimum Gasteiger partial charge on any atom is -0.486 e. The summed E-state index contributed by atoms with van der Waals surface area (Å²) >= 11 is 0. The normalized spacial score (nSPS) is 14.6. The number of hydrogen-bond acceptors (Lipinski definition) is 3. The number of ketones is 1. The van der Waals surface area contributed by atoms with Crippen molar-refractivity contribution in [3.8, 4) is 5.75 Å². The summed E-state index contributed by atoms with van der Waals surface area (Å²) in [6.45, 7) is 16.1. The van der Waals surface area contributed by atoms with Crippen LogP contribution in [0.3, 0.4) is 0 Å². The van der Waals surface area contributed by atoms with Gasteiger partial charge in [0.25, 0.3) is 0 Å². The minimum absolute atomic E-state index is 0.0938. The number of carbonyl (C=O) groups is 2. The molecule has 1 aliphatic heterocycles. The number of carbonyl (C=O) groups excluding carboxylic acids is 2. The van der Waals surface area contributed by atoms with E-state index in [9.17, 15) is 9.59 Å². The molecule has 1 aliphatic rings. The van der Waals surface area contributed by atoms with Crippen LogP contribution in [0.2, 0.25) is 0 Å². The highest BCUT2D eigenvalue weighted by Crippen LogP contribution is 2.41. The maximum atomic E-state index is 12.3. The molecule has 0 N–H and O–H groups in total. The fourth-order valence-electron chi connectivity index (χ4n) is 4.95. The Kier molecular flexibility index (Phi) is 7.90. The Morgan fingerprint density at radius 3 is 2.09 bits per heavy atom. The van der Waals surface area contributed by atoms with E-state index in [1.54, 1.807) is 0 Å². The van der Waals surface area contributed by atoms with Crippen LogP contribution in [-0.2, 0) is 21.5 Å². The molecule has 4 heteroatoms. The summed E-state index contributed by atoms with van der Waals surface area (Å²) in [4.78, 5) is 26.3. The van der Waals surface area contributed by atoms with E-state index in [0.29, 0.717) is 13.0 Å². The lowest BCUT2D eigenvalue weighted by Crippen LogP contribution is -2.28. The van der Waals surface area contributed by atoms with Gasteiger partial charge in [0.1, 0.15) is 12.4 Å². The number of aryl methyl sites for hydroxylation is 2. The standard InChI is InChI=1S/C30H41NO3/c1-8-30(9-2,24-13-12-23(21(3)17-24)19-31-16-10-11-28(31)33)25-14-15-26(22(4)18-25)34-20-27(32)29(5,6)7/h12-15,17-18H,8-11,16,19-20H2,1-7H3. The first kappa shape index (κ1) is 26.0. The van der Waals surface area contributed by atoms with Crippen molar-refractivity contribution in [2.24, 2.45) is 5.41 Å². The summed E-state index contributed by atoms with van der Waals surface area (Å²) in [5, 5.41) is 0. The van der Waals surface area contributed by atoms with Crippen LogP contribution in [0, 0.1) is 19.3 Å². The third kappa shape index (κ3) is 5.37. The maximum absolute atomic E-state index is 12.3. The molecule has 0 aromatic heterocycles. The van der Waals surface area contributed by atoms with Crippen LogP contribution >= 0.6 is 0 Å². The van der Waals surface area contributed by atoms with Gasteiger partial charge in [-0.3, -0.25) is 9.59 Å². The highest BCUT2D eigenvalue weighted by molar-refractivity contribution is 5.85. The number of Topliss-reactive ketones (excluding diaryl/α,β-unsaturated/α-hetero) is 1. The number of benzene rings is 2. The van der Waals surface area contributed by atoms with Crippen LogP contribution in [0.15, 0.2) is 36.4 Å². The van der Waals surface area contributed by atoms with Gasteiger partial charge in [0.15, 0.2) is 5.78 Å². The monoisotopic (exact) mass is 463 g/mol. The lowest BCUT2D eigenvalue weighted by atomic mass is 9.70. The molecule has 0 spiro atoms. The summed E-state index contributed by atoms with van der Waals surface area (Å²) in [6, 6.07) is 13.2. The van der Waals surface area contributed by atoms with Gasteiger partial charge in [-0.15, -0.1) is 0 Å². The zero-order chi connectivity index (χ0) is 25.1. The summed E-state index contributed by atoms with van der Waals surface area (Å²) in [5.74, 6) is 1.13. The van der Waals surface area contributed by atoms with Gasteiger partial charge in [0.2, 0.25) is 5.91 Å².